The maximum absolute atomic E-state index is 5.59. The molecule has 0 aromatic carbocycles. The van der Waals surface area contributed by atoms with Crippen LogP contribution in [0.2, 0.25) is 0 Å². The van der Waals surface area contributed by atoms with Crippen LogP contribution in [0.4, 0.5) is 0 Å². The van der Waals surface area contributed by atoms with Crippen molar-refractivity contribution in [3.63, 3.8) is 0 Å². The summed E-state index contributed by atoms with van der Waals surface area (Å²) >= 11 is 0. The Hall–Kier alpha value is -0.120. The quantitative estimate of drug-likeness (QED) is 0.692. The topological polar surface area (TPSA) is 38.5 Å². The molecule has 1 saturated heterocycles. The minimum absolute atomic E-state index is 0.274. The molecule has 3 nitrogen and oxygen atoms in total. The first-order valence-electron chi connectivity index (χ1n) is 5.26. The van der Waals surface area contributed by atoms with Crippen LogP contribution in [-0.2, 0) is 4.74 Å². The lowest BCUT2D eigenvalue weighted by Gasteiger charge is -2.33. The zero-order chi connectivity index (χ0) is 9.31. The van der Waals surface area contributed by atoms with Crippen LogP contribution in [0.3, 0.4) is 0 Å². The number of nitrogens with two attached hydrogens (primary N) is 1. The standard InChI is InChI=1S/C10H20N2O/c1-10(2-3-10)8-12-4-5-13-9(6-11)7-12/h9H,2-8,11H2,1H3. The first-order valence-corrected chi connectivity index (χ1v) is 5.26. The van der Waals surface area contributed by atoms with Gasteiger partial charge in [0.25, 0.3) is 0 Å². The highest BCUT2D eigenvalue weighted by Gasteiger charge is 2.39. The van der Waals surface area contributed by atoms with Crippen molar-refractivity contribution in [1.29, 1.82) is 0 Å². The van der Waals surface area contributed by atoms with Gasteiger partial charge in [0.05, 0.1) is 12.7 Å². The van der Waals surface area contributed by atoms with Crippen LogP contribution in [0.1, 0.15) is 19.8 Å². The van der Waals surface area contributed by atoms with Gasteiger partial charge in [0.15, 0.2) is 0 Å². The third kappa shape index (κ3) is 2.42. The molecule has 1 aliphatic heterocycles. The van der Waals surface area contributed by atoms with E-state index >= 15 is 0 Å². The van der Waals surface area contributed by atoms with E-state index in [2.05, 4.69) is 11.8 Å². The lowest BCUT2D eigenvalue weighted by atomic mass is 10.1. The number of hydrogen-bond donors (Lipinski definition) is 1. The molecule has 2 N–H and O–H groups in total. The highest BCUT2D eigenvalue weighted by atomic mass is 16.5. The Morgan fingerprint density at radius 2 is 2.31 bits per heavy atom. The number of morpholine rings is 1. The molecular formula is C10H20N2O. The molecule has 76 valence electrons. The van der Waals surface area contributed by atoms with E-state index in [1.807, 2.05) is 0 Å². The average molecular weight is 184 g/mol. The van der Waals surface area contributed by atoms with Crippen LogP contribution >= 0.6 is 0 Å². The molecule has 0 aromatic rings. The SMILES string of the molecule is CC1(CN2CCOC(CN)C2)CC1. The number of hydrogen-bond acceptors (Lipinski definition) is 3. The molecule has 0 aromatic heterocycles. The number of ether oxygens (including phenoxy) is 1. The second-order valence-electron chi connectivity index (χ2n) is 4.77. The van der Waals surface area contributed by atoms with Crippen molar-refractivity contribution in [1.82, 2.24) is 4.90 Å². The minimum atomic E-state index is 0.274. The Bertz CT molecular complexity index is 180. The van der Waals surface area contributed by atoms with Gasteiger partial charge in [-0.1, -0.05) is 6.92 Å². The second kappa shape index (κ2) is 3.56. The summed E-state index contributed by atoms with van der Waals surface area (Å²) in [6.45, 7) is 7.26. The molecule has 1 aliphatic carbocycles. The van der Waals surface area contributed by atoms with E-state index in [9.17, 15) is 0 Å². The third-order valence-corrected chi connectivity index (χ3v) is 3.19. The Morgan fingerprint density at radius 1 is 1.54 bits per heavy atom. The maximum atomic E-state index is 5.59. The molecule has 3 heteroatoms. The van der Waals surface area contributed by atoms with Gasteiger partial charge in [-0.05, 0) is 18.3 Å². The van der Waals surface area contributed by atoms with Gasteiger partial charge in [-0.3, -0.25) is 4.90 Å². The molecule has 2 rings (SSSR count). The van der Waals surface area contributed by atoms with Crippen molar-refractivity contribution in [2.24, 2.45) is 11.1 Å². The van der Waals surface area contributed by atoms with Gasteiger partial charge in [-0.2, -0.15) is 0 Å². The maximum Gasteiger partial charge on any atom is 0.0824 e. The lowest BCUT2D eigenvalue weighted by Crippen LogP contribution is -2.47. The average Bonchev–Trinajstić information content (AvgIpc) is 2.84. The van der Waals surface area contributed by atoms with Crippen LogP contribution < -0.4 is 5.73 Å². The van der Waals surface area contributed by atoms with E-state index in [1.165, 1.54) is 19.4 Å². The zero-order valence-electron chi connectivity index (χ0n) is 8.46. The molecular weight excluding hydrogens is 164 g/mol. The molecule has 0 spiro atoms. The lowest BCUT2D eigenvalue weighted by molar-refractivity contribution is -0.0284. The van der Waals surface area contributed by atoms with Gasteiger partial charge in [0, 0.05) is 26.2 Å². The molecule has 2 aliphatic rings. The van der Waals surface area contributed by atoms with Gasteiger partial charge in [-0.25, -0.2) is 0 Å². The molecule has 1 unspecified atom stereocenters. The molecule has 1 heterocycles. The van der Waals surface area contributed by atoms with Crippen molar-refractivity contribution in [3.05, 3.63) is 0 Å². The van der Waals surface area contributed by atoms with E-state index in [0.29, 0.717) is 12.0 Å². The van der Waals surface area contributed by atoms with E-state index in [-0.39, 0.29) is 6.10 Å². The molecule has 0 bridgehead atoms. The van der Waals surface area contributed by atoms with Crippen LogP contribution in [0.15, 0.2) is 0 Å². The first kappa shape index (κ1) is 9.44. The fourth-order valence-electron chi connectivity index (χ4n) is 1.98. The van der Waals surface area contributed by atoms with E-state index in [4.69, 9.17) is 10.5 Å². The Kier molecular flexibility index (Phi) is 2.58. The van der Waals surface area contributed by atoms with Gasteiger partial charge in [0.2, 0.25) is 0 Å². The summed E-state index contributed by atoms with van der Waals surface area (Å²) in [5.41, 5.74) is 6.21. The third-order valence-electron chi connectivity index (χ3n) is 3.19. The molecule has 13 heavy (non-hydrogen) atoms. The summed E-state index contributed by atoms with van der Waals surface area (Å²) in [6.07, 6.45) is 3.08. The number of nitrogens with zero attached hydrogens (tertiary/aromatic N) is 1. The highest BCUT2D eigenvalue weighted by Crippen LogP contribution is 2.45. The van der Waals surface area contributed by atoms with Gasteiger partial charge >= 0.3 is 0 Å². The zero-order valence-corrected chi connectivity index (χ0v) is 8.46. The molecule has 1 atom stereocenters. The summed E-state index contributed by atoms with van der Waals surface area (Å²) < 4.78 is 5.53. The molecule has 1 saturated carbocycles. The normalized spacial score (nSPS) is 33.2. The Morgan fingerprint density at radius 3 is 2.92 bits per heavy atom. The fourth-order valence-corrected chi connectivity index (χ4v) is 1.98. The summed E-state index contributed by atoms with van der Waals surface area (Å²) in [5, 5.41) is 0. The Labute approximate surface area is 80.2 Å². The highest BCUT2D eigenvalue weighted by molar-refractivity contribution is 4.92. The number of rotatable bonds is 3. The van der Waals surface area contributed by atoms with Crippen molar-refractivity contribution in [2.45, 2.75) is 25.9 Å². The van der Waals surface area contributed by atoms with E-state index in [1.54, 1.807) is 0 Å². The largest absolute Gasteiger partial charge is 0.374 e. The van der Waals surface area contributed by atoms with Crippen LogP contribution in [0, 0.1) is 5.41 Å². The van der Waals surface area contributed by atoms with Crippen molar-refractivity contribution < 1.29 is 4.74 Å². The predicted octanol–water partition coefficient (Wildman–Crippen LogP) is 0.446. The monoisotopic (exact) mass is 184 g/mol. The van der Waals surface area contributed by atoms with Crippen molar-refractivity contribution >= 4 is 0 Å². The predicted molar refractivity (Wildman–Crippen MR) is 52.6 cm³/mol. The van der Waals surface area contributed by atoms with Gasteiger partial charge in [0.1, 0.15) is 0 Å². The summed E-state index contributed by atoms with van der Waals surface area (Å²) in [7, 11) is 0. The fraction of sp³-hybridized carbons (Fsp3) is 1.00. The van der Waals surface area contributed by atoms with Crippen molar-refractivity contribution in [2.75, 3.05) is 32.8 Å². The van der Waals surface area contributed by atoms with Gasteiger partial charge in [-0.15, -0.1) is 0 Å². The molecule has 0 amide bonds. The van der Waals surface area contributed by atoms with Crippen molar-refractivity contribution in [3.8, 4) is 0 Å². The van der Waals surface area contributed by atoms with Crippen LogP contribution in [0.5, 0.6) is 0 Å². The molecule has 0 radical (unpaired) electrons. The smallest absolute Gasteiger partial charge is 0.0824 e. The first-order chi connectivity index (χ1) is 6.22. The summed E-state index contributed by atoms with van der Waals surface area (Å²) in [4.78, 5) is 2.51. The van der Waals surface area contributed by atoms with Gasteiger partial charge < -0.3 is 10.5 Å². The summed E-state index contributed by atoms with van der Waals surface area (Å²) in [5.74, 6) is 0. The molecule has 2 fully saturated rings. The van der Waals surface area contributed by atoms with E-state index < -0.39 is 0 Å². The van der Waals surface area contributed by atoms with E-state index in [0.717, 1.165) is 19.7 Å². The minimum Gasteiger partial charge on any atom is -0.374 e. The van der Waals surface area contributed by atoms with Crippen LogP contribution in [-0.4, -0.2) is 43.8 Å². The summed E-state index contributed by atoms with van der Waals surface area (Å²) in [6, 6.07) is 0. The second-order valence-corrected chi connectivity index (χ2v) is 4.77. The van der Waals surface area contributed by atoms with Crippen LogP contribution in [0.25, 0.3) is 0 Å². The Balaban J connectivity index is 1.78.